The SMILES string of the molecule is CCC(CS)CN(CCO)C(CC)CC. The molecule has 0 aliphatic carbocycles. The van der Waals surface area contributed by atoms with E-state index in [1.807, 2.05) is 0 Å². The molecule has 0 aromatic rings. The van der Waals surface area contributed by atoms with Gasteiger partial charge in [-0.15, -0.1) is 0 Å². The number of thiol groups is 1. The number of hydrogen-bond donors (Lipinski definition) is 2. The highest BCUT2D eigenvalue weighted by Crippen LogP contribution is 2.14. The monoisotopic (exact) mass is 233 g/mol. The van der Waals surface area contributed by atoms with Crippen molar-refractivity contribution in [2.75, 3.05) is 25.4 Å². The van der Waals surface area contributed by atoms with Crippen LogP contribution in [0, 0.1) is 5.92 Å². The van der Waals surface area contributed by atoms with Crippen LogP contribution in [0.4, 0.5) is 0 Å². The zero-order valence-corrected chi connectivity index (χ0v) is 11.3. The van der Waals surface area contributed by atoms with Gasteiger partial charge >= 0.3 is 0 Å². The first kappa shape index (κ1) is 15.3. The van der Waals surface area contributed by atoms with E-state index in [1.165, 1.54) is 19.3 Å². The molecule has 0 radical (unpaired) electrons. The van der Waals surface area contributed by atoms with Crippen molar-refractivity contribution >= 4 is 12.6 Å². The maximum atomic E-state index is 9.07. The van der Waals surface area contributed by atoms with Crippen molar-refractivity contribution in [3.05, 3.63) is 0 Å². The van der Waals surface area contributed by atoms with E-state index in [1.54, 1.807) is 0 Å². The molecular weight excluding hydrogens is 206 g/mol. The molecule has 0 aromatic heterocycles. The quantitative estimate of drug-likeness (QED) is 0.598. The molecule has 1 unspecified atom stereocenters. The molecule has 0 bridgehead atoms. The molecule has 0 fully saturated rings. The summed E-state index contributed by atoms with van der Waals surface area (Å²) in [6.45, 7) is 8.80. The Balaban J connectivity index is 4.22. The summed E-state index contributed by atoms with van der Waals surface area (Å²) >= 11 is 4.38. The van der Waals surface area contributed by atoms with Crippen molar-refractivity contribution < 1.29 is 5.11 Å². The van der Waals surface area contributed by atoms with Crippen LogP contribution in [0.5, 0.6) is 0 Å². The van der Waals surface area contributed by atoms with Gasteiger partial charge in [0, 0.05) is 19.1 Å². The van der Waals surface area contributed by atoms with E-state index in [0.29, 0.717) is 12.0 Å². The number of hydrogen-bond acceptors (Lipinski definition) is 3. The summed E-state index contributed by atoms with van der Waals surface area (Å²) in [5, 5.41) is 9.07. The Kier molecular flexibility index (Phi) is 9.66. The van der Waals surface area contributed by atoms with Gasteiger partial charge in [-0.3, -0.25) is 4.90 Å². The van der Waals surface area contributed by atoms with Crippen LogP contribution >= 0.6 is 12.6 Å². The molecule has 0 aromatic carbocycles. The van der Waals surface area contributed by atoms with Gasteiger partial charge in [-0.05, 0) is 24.5 Å². The Hall–Kier alpha value is 0.270. The number of nitrogens with zero attached hydrogens (tertiary/aromatic N) is 1. The first-order valence-electron chi connectivity index (χ1n) is 6.19. The third-order valence-electron chi connectivity index (χ3n) is 3.17. The number of rotatable bonds is 9. The lowest BCUT2D eigenvalue weighted by atomic mass is 10.0. The van der Waals surface area contributed by atoms with E-state index < -0.39 is 0 Å². The molecule has 15 heavy (non-hydrogen) atoms. The number of aliphatic hydroxyl groups is 1. The van der Waals surface area contributed by atoms with E-state index in [-0.39, 0.29) is 6.61 Å². The van der Waals surface area contributed by atoms with Crippen molar-refractivity contribution in [3.63, 3.8) is 0 Å². The van der Waals surface area contributed by atoms with Crippen LogP contribution in [-0.4, -0.2) is 41.5 Å². The summed E-state index contributed by atoms with van der Waals surface area (Å²) in [5.74, 6) is 1.60. The van der Waals surface area contributed by atoms with Gasteiger partial charge in [-0.1, -0.05) is 27.2 Å². The molecule has 0 aliphatic rings. The van der Waals surface area contributed by atoms with Crippen molar-refractivity contribution in [1.29, 1.82) is 0 Å². The van der Waals surface area contributed by atoms with Crippen molar-refractivity contribution in [3.8, 4) is 0 Å². The molecule has 0 saturated carbocycles. The summed E-state index contributed by atoms with van der Waals surface area (Å²) in [7, 11) is 0. The molecule has 0 rings (SSSR count). The molecule has 92 valence electrons. The zero-order chi connectivity index (χ0) is 11.7. The first-order chi connectivity index (χ1) is 7.23. The lowest BCUT2D eigenvalue weighted by Gasteiger charge is -2.32. The average molecular weight is 233 g/mol. The van der Waals surface area contributed by atoms with E-state index in [2.05, 4.69) is 38.3 Å². The van der Waals surface area contributed by atoms with Crippen LogP contribution in [-0.2, 0) is 0 Å². The van der Waals surface area contributed by atoms with E-state index in [0.717, 1.165) is 18.8 Å². The number of aliphatic hydroxyl groups excluding tert-OH is 1. The smallest absolute Gasteiger partial charge is 0.0558 e. The van der Waals surface area contributed by atoms with Gasteiger partial charge in [0.15, 0.2) is 0 Å². The highest BCUT2D eigenvalue weighted by molar-refractivity contribution is 7.80. The van der Waals surface area contributed by atoms with Crippen LogP contribution in [0.1, 0.15) is 40.0 Å². The summed E-state index contributed by atoms with van der Waals surface area (Å²) < 4.78 is 0. The minimum Gasteiger partial charge on any atom is -0.395 e. The molecule has 1 N–H and O–H groups in total. The van der Waals surface area contributed by atoms with Crippen LogP contribution < -0.4 is 0 Å². The maximum Gasteiger partial charge on any atom is 0.0558 e. The first-order valence-corrected chi connectivity index (χ1v) is 6.82. The fraction of sp³-hybridized carbons (Fsp3) is 1.00. The normalized spacial score (nSPS) is 13.8. The van der Waals surface area contributed by atoms with Gasteiger partial charge in [0.1, 0.15) is 0 Å². The summed E-state index contributed by atoms with van der Waals surface area (Å²) in [4.78, 5) is 2.42. The molecule has 0 heterocycles. The van der Waals surface area contributed by atoms with Gasteiger partial charge in [-0.25, -0.2) is 0 Å². The van der Waals surface area contributed by atoms with Gasteiger partial charge in [0.05, 0.1) is 6.61 Å². The van der Waals surface area contributed by atoms with Gasteiger partial charge in [-0.2, -0.15) is 12.6 Å². The van der Waals surface area contributed by atoms with Gasteiger partial charge in [0.2, 0.25) is 0 Å². The second-order valence-corrected chi connectivity index (χ2v) is 4.51. The summed E-state index contributed by atoms with van der Waals surface area (Å²) in [6, 6.07) is 0.617. The highest BCUT2D eigenvalue weighted by atomic mass is 32.1. The van der Waals surface area contributed by atoms with E-state index in [4.69, 9.17) is 5.11 Å². The standard InChI is InChI=1S/C12H27NOS/c1-4-11(10-15)9-13(7-8-14)12(5-2)6-3/h11-12,14-15H,4-10H2,1-3H3. The lowest BCUT2D eigenvalue weighted by Crippen LogP contribution is -2.40. The Labute approximate surface area is 100 Å². The third kappa shape index (κ3) is 5.79. The molecule has 0 saturated heterocycles. The average Bonchev–Trinajstić information content (AvgIpc) is 2.27. The molecule has 0 spiro atoms. The fourth-order valence-corrected chi connectivity index (χ4v) is 2.38. The molecular formula is C12H27NOS. The van der Waals surface area contributed by atoms with Gasteiger partial charge < -0.3 is 5.11 Å². The van der Waals surface area contributed by atoms with Crippen LogP contribution in [0.15, 0.2) is 0 Å². The minimum absolute atomic E-state index is 0.263. The molecule has 0 aliphatic heterocycles. The van der Waals surface area contributed by atoms with Crippen LogP contribution in [0.3, 0.4) is 0 Å². The Bertz CT molecular complexity index is 136. The maximum absolute atomic E-state index is 9.07. The molecule has 3 heteroatoms. The second kappa shape index (κ2) is 9.49. The Morgan fingerprint density at radius 2 is 1.73 bits per heavy atom. The van der Waals surface area contributed by atoms with Crippen molar-refractivity contribution in [2.45, 2.75) is 46.1 Å². The third-order valence-corrected chi connectivity index (χ3v) is 3.69. The highest BCUT2D eigenvalue weighted by Gasteiger charge is 2.17. The molecule has 1 atom stereocenters. The topological polar surface area (TPSA) is 23.5 Å². The van der Waals surface area contributed by atoms with E-state index in [9.17, 15) is 0 Å². The van der Waals surface area contributed by atoms with Crippen LogP contribution in [0.2, 0.25) is 0 Å². The Morgan fingerprint density at radius 3 is 2.07 bits per heavy atom. The predicted octanol–water partition coefficient (Wildman–Crippen LogP) is 2.43. The Morgan fingerprint density at radius 1 is 1.13 bits per heavy atom. The van der Waals surface area contributed by atoms with Crippen LogP contribution in [0.25, 0.3) is 0 Å². The summed E-state index contributed by atoms with van der Waals surface area (Å²) in [6.07, 6.45) is 3.50. The minimum atomic E-state index is 0.263. The van der Waals surface area contributed by atoms with E-state index >= 15 is 0 Å². The fourth-order valence-electron chi connectivity index (χ4n) is 2.00. The zero-order valence-electron chi connectivity index (χ0n) is 10.4. The van der Waals surface area contributed by atoms with Crippen molar-refractivity contribution in [1.82, 2.24) is 4.90 Å². The second-order valence-electron chi connectivity index (χ2n) is 4.15. The molecule has 0 amide bonds. The van der Waals surface area contributed by atoms with Crippen molar-refractivity contribution in [2.24, 2.45) is 5.92 Å². The lowest BCUT2D eigenvalue weighted by molar-refractivity contribution is 0.127. The molecule has 2 nitrogen and oxygen atoms in total. The van der Waals surface area contributed by atoms with Gasteiger partial charge in [0.25, 0.3) is 0 Å². The summed E-state index contributed by atoms with van der Waals surface area (Å²) in [5.41, 5.74) is 0. The predicted molar refractivity (Wildman–Crippen MR) is 70.7 cm³/mol. The largest absolute Gasteiger partial charge is 0.395 e.